The second-order valence-corrected chi connectivity index (χ2v) is 6.19. The van der Waals surface area contributed by atoms with Gasteiger partial charge in [0.25, 0.3) is 0 Å². The Bertz CT molecular complexity index is 1040. The fraction of sp³-hybridized carbons (Fsp3) is 0.294. The van der Waals surface area contributed by atoms with E-state index in [0.29, 0.717) is 29.9 Å². The van der Waals surface area contributed by atoms with Gasteiger partial charge in [0.1, 0.15) is 5.82 Å². The average Bonchev–Trinajstić information content (AvgIpc) is 3.28. The van der Waals surface area contributed by atoms with E-state index in [9.17, 15) is 0 Å². The molecule has 0 atom stereocenters. The molecule has 9 nitrogen and oxygen atoms in total. The molecule has 0 aliphatic heterocycles. The maximum Gasteiger partial charge on any atom is 0.229 e. The van der Waals surface area contributed by atoms with E-state index in [-0.39, 0.29) is 5.92 Å². The third kappa shape index (κ3) is 2.99. The molecular formula is C17H18N8O. The fourth-order valence-electron chi connectivity index (χ4n) is 2.52. The number of nitrogens with zero attached hydrogens (tertiary/aromatic N) is 7. The van der Waals surface area contributed by atoms with Crippen molar-refractivity contribution in [2.24, 2.45) is 7.05 Å². The number of pyridine rings is 1. The predicted octanol–water partition coefficient (Wildman–Crippen LogP) is 2.54. The maximum atomic E-state index is 5.24. The Morgan fingerprint density at radius 2 is 1.96 bits per heavy atom. The number of hydrogen-bond donors (Lipinski definition) is 1. The minimum atomic E-state index is 0.193. The topological polar surface area (TPSA) is 107 Å². The predicted molar refractivity (Wildman–Crippen MR) is 95.2 cm³/mol. The van der Waals surface area contributed by atoms with Gasteiger partial charge in [-0.1, -0.05) is 19.0 Å². The van der Waals surface area contributed by atoms with Gasteiger partial charge in [-0.15, -0.1) is 0 Å². The lowest BCUT2D eigenvalue weighted by Gasteiger charge is -2.07. The molecule has 4 rings (SSSR count). The number of nitrogens with one attached hydrogen (secondary N) is 1. The number of anilines is 1. The van der Waals surface area contributed by atoms with Gasteiger partial charge in [-0.3, -0.25) is 9.67 Å². The van der Waals surface area contributed by atoms with Crippen molar-refractivity contribution in [2.45, 2.75) is 26.3 Å². The largest absolute Gasteiger partial charge is 0.362 e. The van der Waals surface area contributed by atoms with Crippen molar-refractivity contribution in [1.82, 2.24) is 34.9 Å². The molecule has 0 aliphatic carbocycles. The molecule has 0 saturated heterocycles. The maximum absolute atomic E-state index is 5.24. The number of hydrogen-bond acceptors (Lipinski definition) is 8. The lowest BCUT2D eigenvalue weighted by Crippen LogP contribution is -2.06. The summed E-state index contributed by atoms with van der Waals surface area (Å²) >= 11 is 0. The van der Waals surface area contributed by atoms with Crippen molar-refractivity contribution in [1.29, 1.82) is 0 Å². The van der Waals surface area contributed by atoms with Crippen molar-refractivity contribution in [3.63, 3.8) is 0 Å². The first-order chi connectivity index (χ1) is 12.6. The highest BCUT2D eigenvalue weighted by Crippen LogP contribution is 2.24. The zero-order valence-corrected chi connectivity index (χ0v) is 14.7. The highest BCUT2D eigenvalue weighted by molar-refractivity contribution is 5.88. The first-order valence-corrected chi connectivity index (χ1v) is 8.28. The van der Waals surface area contributed by atoms with Crippen LogP contribution in [0.15, 0.2) is 35.2 Å². The summed E-state index contributed by atoms with van der Waals surface area (Å²) in [6, 6.07) is 3.74. The summed E-state index contributed by atoms with van der Waals surface area (Å²) < 4.78 is 6.96. The second-order valence-electron chi connectivity index (χ2n) is 6.19. The molecule has 4 aromatic heterocycles. The van der Waals surface area contributed by atoms with Crippen LogP contribution >= 0.6 is 0 Å². The number of aromatic nitrogens is 7. The third-order valence-electron chi connectivity index (χ3n) is 3.92. The lowest BCUT2D eigenvalue weighted by molar-refractivity contribution is 0.361. The van der Waals surface area contributed by atoms with Crippen LogP contribution in [-0.4, -0.2) is 34.9 Å². The molecule has 0 aromatic carbocycles. The van der Waals surface area contributed by atoms with Gasteiger partial charge in [0.15, 0.2) is 17.3 Å². The summed E-state index contributed by atoms with van der Waals surface area (Å²) in [5.74, 6) is 2.66. The fourth-order valence-corrected chi connectivity index (χ4v) is 2.52. The Kier molecular flexibility index (Phi) is 4.04. The van der Waals surface area contributed by atoms with Gasteiger partial charge in [-0.05, 0) is 12.1 Å². The summed E-state index contributed by atoms with van der Waals surface area (Å²) in [5.41, 5.74) is 1.62. The molecule has 0 bridgehead atoms. The van der Waals surface area contributed by atoms with Gasteiger partial charge >= 0.3 is 0 Å². The van der Waals surface area contributed by atoms with Gasteiger partial charge in [0.05, 0.1) is 18.1 Å². The molecule has 0 radical (unpaired) electrons. The number of rotatable bonds is 5. The van der Waals surface area contributed by atoms with Crippen molar-refractivity contribution in [3.8, 4) is 11.4 Å². The molecule has 26 heavy (non-hydrogen) atoms. The Balaban J connectivity index is 1.69. The Labute approximate surface area is 149 Å². The summed E-state index contributed by atoms with van der Waals surface area (Å²) in [4.78, 5) is 17.7. The van der Waals surface area contributed by atoms with Gasteiger partial charge in [0.2, 0.25) is 5.89 Å². The third-order valence-corrected chi connectivity index (χ3v) is 3.92. The van der Waals surface area contributed by atoms with E-state index < -0.39 is 0 Å². The molecule has 9 heteroatoms. The number of fused-ring (bicyclic) bond motifs is 1. The van der Waals surface area contributed by atoms with E-state index in [2.05, 4.69) is 35.5 Å². The van der Waals surface area contributed by atoms with E-state index >= 15 is 0 Å². The smallest absolute Gasteiger partial charge is 0.229 e. The van der Waals surface area contributed by atoms with Crippen molar-refractivity contribution in [3.05, 3.63) is 42.4 Å². The average molecular weight is 350 g/mol. The molecule has 0 amide bonds. The molecule has 132 valence electrons. The van der Waals surface area contributed by atoms with E-state index in [1.807, 2.05) is 33.0 Å². The van der Waals surface area contributed by atoms with Crippen molar-refractivity contribution in [2.75, 3.05) is 5.32 Å². The highest BCUT2D eigenvalue weighted by Gasteiger charge is 2.14. The number of aryl methyl sites for hydroxylation is 1. The van der Waals surface area contributed by atoms with E-state index in [1.165, 1.54) is 0 Å². The van der Waals surface area contributed by atoms with Crippen LogP contribution in [0, 0.1) is 0 Å². The molecule has 0 spiro atoms. The Morgan fingerprint density at radius 1 is 1.15 bits per heavy atom. The van der Waals surface area contributed by atoms with Crippen LogP contribution in [-0.2, 0) is 13.6 Å². The first-order valence-electron chi connectivity index (χ1n) is 8.28. The van der Waals surface area contributed by atoms with Crippen LogP contribution in [0.1, 0.15) is 31.5 Å². The second kappa shape index (κ2) is 6.51. The molecule has 0 fully saturated rings. The quantitative estimate of drug-likeness (QED) is 0.585. The lowest BCUT2D eigenvalue weighted by atomic mass is 10.2. The van der Waals surface area contributed by atoms with Crippen LogP contribution in [0.5, 0.6) is 0 Å². The SMILES string of the molecule is CC(C)c1nc(CNc2nc(-c3ccncc3)nc3c2cnn3C)no1. The molecule has 1 N–H and O–H groups in total. The summed E-state index contributed by atoms with van der Waals surface area (Å²) in [7, 11) is 1.85. The summed E-state index contributed by atoms with van der Waals surface area (Å²) in [6.45, 7) is 4.41. The van der Waals surface area contributed by atoms with Crippen LogP contribution in [0.4, 0.5) is 5.82 Å². The zero-order chi connectivity index (χ0) is 18.1. The molecule has 0 aliphatic rings. The first kappa shape index (κ1) is 16.1. The van der Waals surface area contributed by atoms with Gasteiger partial charge in [-0.2, -0.15) is 10.1 Å². The standard InChI is InChI=1S/C17H18N8O/c1-10(2)17-21-13(24-26-17)9-19-15-12-8-20-25(3)16(12)23-14(22-15)11-4-6-18-7-5-11/h4-8,10H,9H2,1-3H3,(H,19,22,23). The van der Waals surface area contributed by atoms with E-state index in [1.54, 1.807) is 23.3 Å². The van der Waals surface area contributed by atoms with Crippen LogP contribution < -0.4 is 5.32 Å². The van der Waals surface area contributed by atoms with Crippen LogP contribution in [0.2, 0.25) is 0 Å². The van der Waals surface area contributed by atoms with E-state index in [4.69, 9.17) is 4.52 Å². The molecule has 0 saturated carbocycles. The monoisotopic (exact) mass is 350 g/mol. The highest BCUT2D eigenvalue weighted by atomic mass is 16.5. The van der Waals surface area contributed by atoms with E-state index in [0.717, 1.165) is 16.6 Å². The van der Waals surface area contributed by atoms with Gasteiger partial charge in [-0.25, -0.2) is 9.97 Å². The normalized spacial score (nSPS) is 11.4. The minimum absolute atomic E-state index is 0.193. The summed E-state index contributed by atoms with van der Waals surface area (Å²) in [5, 5.41) is 12.4. The van der Waals surface area contributed by atoms with Crippen molar-refractivity contribution < 1.29 is 4.52 Å². The molecule has 4 heterocycles. The minimum Gasteiger partial charge on any atom is -0.362 e. The summed E-state index contributed by atoms with van der Waals surface area (Å²) in [6.07, 6.45) is 5.17. The Morgan fingerprint density at radius 3 is 2.69 bits per heavy atom. The zero-order valence-electron chi connectivity index (χ0n) is 14.7. The molecule has 4 aromatic rings. The molecule has 0 unspecified atom stereocenters. The van der Waals surface area contributed by atoms with Crippen molar-refractivity contribution >= 4 is 16.9 Å². The molecular weight excluding hydrogens is 332 g/mol. The van der Waals surface area contributed by atoms with Crippen LogP contribution in [0.25, 0.3) is 22.4 Å². The van der Waals surface area contributed by atoms with Gasteiger partial charge in [0, 0.05) is 30.9 Å². The Hall–Kier alpha value is -3.36. The van der Waals surface area contributed by atoms with Gasteiger partial charge < -0.3 is 9.84 Å². The van der Waals surface area contributed by atoms with Crippen LogP contribution in [0.3, 0.4) is 0 Å².